The normalized spacial score (nSPS) is 13.5. The average Bonchev–Trinajstić information content (AvgIpc) is 3.21. The third kappa shape index (κ3) is 6.83. The van der Waals surface area contributed by atoms with Crippen LogP contribution in [0.15, 0.2) is 158 Å². The molecule has 0 unspecified atom stereocenters. The summed E-state index contributed by atoms with van der Waals surface area (Å²) < 4.78 is 0. The molecule has 2 aliphatic heterocycles. The molecular formula is C55H56BN3. The largest absolute Gasteiger partial charge is 0.311 e. The van der Waals surface area contributed by atoms with Gasteiger partial charge in [0.15, 0.2) is 0 Å². The lowest BCUT2D eigenvalue weighted by molar-refractivity contribution is 0.590. The van der Waals surface area contributed by atoms with Crippen LogP contribution >= 0.6 is 0 Å². The summed E-state index contributed by atoms with van der Waals surface area (Å²) >= 11 is 0. The highest BCUT2D eigenvalue weighted by Gasteiger charge is 2.45. The van der Waals surface area contributed by atoms with Crippen molar-refractivity contribution >= 4 is 74.3 Å². The van der Waals surface area contributed by atoms with E-state index in [4.69, 9.17) is 0 Å². The Bertz CT molecular complexity index is 2620. The Balaban J connectivity index is 1.43. The van der Waals surface area contributed by atoms with Crippen LogP contribution in [-0.4, -0.2) is 6.71 Å². The number of anilines is 9. The predicted octanol–water partition coefficient (Wildman–Crippen LogP) is 13.4. The van der Waals surface area contributed by atoms with Crippen molar-refractivity contribution in [1.82, 2.24) is 0 Å². The highest BCUT2D eigenvalue weighted by Crippen LogP contribution is 2.49. The molecule has 294 valence electrons. The van der Waals surface area contributed by atoms with E-state index in [1.54, 1.807) is 0 Å². The summed E-state index contributed by atoms with van der Waals surface area (Å²) in [5.74, 6) is 0. The third-order valence-corrected chi connectivity index (χ3v) is 12.4. The molecule has 7 aromatic carbocycles. The molecule has 0 bridgehead atoms. The Morgan fingerprint density at radius 3 is 1.19 bits per heavy atom. The van der Waals surface area contributed by atoms with E-state index in [0.717, 1.165) is 28.4 Å². The van der Waals surface area contributed by atoms with Gasteiger partial charge in [0.2, 0.25) is 0 Å². The SMILES string of the molecule is Cc1ccc(N2c3ccc(C(C)(C)C)cc3B3c4cc(C(C)(C)C)ccc4N(c4ccc(C(C)(C)C)cc4)c4cc(N(c5ccccc5)c5ccccc5)cc2c43)cc1. The number of rotatable bonds is 5. The Labute approximate surface area is 353 Å². The first-order valence-electron chi connectivity index (χ1n) is 21.2. The summed E-state index contributed by atoms with van der Waals surface area (Å²) in [6.07, 6.45) is 0. The molecule has 2 aliphatic rings. The lowest BCUT2D eigenvalue weighted by Gasteiger charge is -2.45. The Hall–Kier alpha value is -6.00. The van der Waals surface area contributed by atoms with Crippen LogP contribution in [-0.2, 0) is 16.2 Å². The smallest absolute Gasteiger partial charge is 0.252 e. The highest BCUT2D eigenvalue weighted by molar-refractivity contribution is 7.00. The number of aryl methyl sites for hydroxylation is 1. The quantitative estimate of drug-likeness (QED) is 0.161. The van der Waals surface area contributed by atoms with E-state index < -0.39 is 0 Å². The van der Waals surface area contributed by atoms with Crippen LogP contribution in [0.4, 0.5) is 51.2 Å². The minimum Gasteiger partial charge on any atom is -0.311 e. The molecule has 0 amide bonds. The van der Waals surface area contributed by atoms with Crippen molar-refractivity contribution in [3.63, 3.8) is 0 Å². The topological polar surface area (TPSA) is 9.72 Å². The maximum absolute atomic E-state index is 2.55. The summed E-state index contributed by atoms with van der Waals surface area (Å²) in [4.78, 5) is 7.50. The minimum absolute atomic E-state index is 0.0114. The van der Waals surface area contributed by atoms with Gasteiger partial charge in [0, 0.05) is 45.5 Å². The van der Waals surface area contributed by atoms with E-state index in [2.05, 4.69) is 242 Å². The first-order valence-corrected chi connectivity index (χ1v) is 21.2. The first-order chi connectivity index (χ1) is 28.1. The van der Waals surface area contributed by atoms with Gasteiger partial charge in [-0.3, -0.25) is 0 Å². The maximum Gasteiger partial charge on any atom is 0.252 e. The second-order valence-corrected chi connectivity index (χ2v) is 19.7. The molecule has 0 saturated heterocycles. The fourth-order valence-electron chi connectivity index (χ4n) is 9.02. The third-order valence-electron chi connectivity index (χ3n) is 12.4. The molecule has 59 heavy (non-hydrogen) atoms. The molecular weight excluding hydrogens is 713 g/mol. The number of para-hydroxylation sites is 2. The Kier molecular flexibility index (Phi) is 9.20. The molecule has 3 nitrogen and oxygen atoms in total. The van der Waals surface area contributed by atoms with E-state index in [-0.39, 0.29) is 23.0 Å². The van der Waals surface area contributed by atoms with Crippen LogP contribution in [0.5, 0.6) is 0 Å². The fraction of sp³-hybridized carbons (Fsp3) is 0.236. The zero-order valence-electron chi connectivity index (χ0n) is 36.4. The lowest BCUT2D eigenvalue weighted by atomic mass is 9.33. The average molecular weight is 770 g/mol. The van der Waals surface area contributed by atoms with Gasteiger partial charge in [-0.1, -0.05) is 153 Å². The number of hydrogen-bond donors (Lipinski definition) is 0. The molecule has 0 saturated carbocycles. The van der Waals surface area contributed by atoms with Gasteiger partial charge >= 0.3 is 0 Å². The highest BCUT2D eigenvalue weighted by atomic mass is 15.2. The van der Waals surface area contributed by atoms with Crippen molar-refractivity contribution < 1.29 is 0 Å². The monoisotopic (exact) mass is 769 g/mol. The second-order valence-electron chi connectivity index (χ2n) is 19.7. The molecule has 0 aliphatic carbocycles. The van der Waals surface area contributed by atoms with Gasteiger partial charge < -0.3 is 14.7 Å². The predicted molar refractivity (Wildman–Crippen MR) is 256 cm³/mol. The van der Waals surface area contributed by atoms with Gasteiger partial charge in [0.05, 0.1) is 5.69 Å². The maximum atomic E-state index is 2.55. The molecule has 0 radical (unpaired) electrons. The van der Waals surface area contributed by atoms with Gasteiger partial charge in [-0.15, -0.1) is 0 Å². The Morgan fingerprint density at radius 1 is 0.390 bits per heavy atom. The van der Waals surface area contributed by atoms with Crippen LogP contribution < -0.4 is 31.1 Å². The molecule has 0 N–H and O–H groups in total. The Morgan fingerprint density at radius 2 is 0.780 bits per heavy atom. The number of benzene rings is 7. The van der Waals surface area contributed by atoms with Crippen LogP contribution in [0.2, 0.25) is 0 Å². The molecule has 0 aromatic heterocycles. The van der Waals surface area contributed by atoms with Crippen LogP contribution in [0.3, 0.4) is 0 Å². The van der Waals surface area contributed by atoms with E-state index in [1.807, 2.05) is 0 Å². The van der Waals surface area contributed by atoms with Gasteiger partial charge in [0.1, 0.15) is 0 Å². The number of nitrogens with zero attached hydrogens (tertiary/aromatic N) is 3. The van der Waals surface area contributed by atoms with E-state index >= 15 is 0 Å². The standard InChI is InChI=1S/C55H56BN3/c1-37-21-27-43(28-22-37)58-48-31-25-39(54(5,6)7)33-46(48)56-47-34-40(55(8,9)10)26-32-49(47)59(44-29-23-38(24-30-44)53(2,3)4)51-36-45(35-50(58)52(51)56)57(41-17-13-11-14-18-41)42-19-15-12-16-20-42/h11-36H,1-10H3. The van der Waals surface area contributed by atoms with Gasteiger partial charge in [-0.2, -0.15) is 0 Å². The summed E-state index contributed by atoms with van der Waals surface area (Å²) in [6.45, 7) is 23.1. The second kappa shape index (κ2) is 14.1. The molecule has 7 aromatic rings. The summed E-state index contributed by atoms with van der Waals surface area (Å²) in [6, 6.07) is 59.4. The van der Waals surface area contributed by atoms with Crippen molar-refractivity contribution in [2.45, 2.75) is 85.5 Å². The first kappa shape index (κ1) is 38.5. The lowest BCUT2D eigenvalue weighted by Crippen LogP contribution is -2.61. The summed E-state index contributed by atoms with van der Waals surface area (Å²) in [5, 5.41) is 0. The minimum atomic E-state index is -0.0221. The van der Waals surface area contributed by atoms with Crippen LogP contribution in [0.1, 0.15) is 84.6 Å². The molecule has 0 atom stereocenters. The van der Waals surface area contributed by atoms with Crippen LogP contribution in [0.25, 0.3) is 0 Å². The van der Waals surface area contributed by atoms with Crippen molar-refractivity contribution in [3.8, 4) is 0 Å². The van der Waals surface area contributed by atoms with E-state index in [0.29, 0.717) is 0 Å². The molecule has 4 heteroatoms. The number of fused-ring (bicyclic) bond motifs is 4. The van der Waals surface area contributed by atoms with Crippen LogP contribution in [0, 0.1) is 6.92 Å². The van der Waals surface area contributed by atoms with Crippen molar-refractivity contribution in [2.75, 3.05) is 14.7 Å². The molecule has 2 heterocycles. The fourth-order valence-corrected chi connectivity index (χ4v) is 9.02. The van der Waals surface area contributed by atoms with E-state index in [9.17, 15) is 0 Å². The zero-order chi connectivity index (χ0) is 41.4. The molecule has 0 fully saturated rings. The molecule has 9 rings (SSSR count). The summed E-state index contributed by atoms with van der Waals surface area (Å²) in [7, 11) is 0. The van der Waals surface area contributed by atoms with Crippen molar-refractivity contribution in [2.24, 2.45) is 0 Å². The summed E-state index contributed by atoms with van der Waals surface area (Å²) in [5.41, 5.74) is 19.8. The van der Waals surface area contributed by atoms with Crippen molar-refractivity contribution in [3.05, 3.63) is 180 Å². The number of hydrogen-bond acceptors (Lipinski definition) is 3. The van der Waals surface area contributed by atoms with Crippen molar-refractivity contribution in [1.29, 1.82) is 0 Å². The van der Waals surface area contributed by atoms with Gasteiger partial charge in [-0.25, -0.2) is 0 Å². The van der Waals surface area contributed by atoms with E-state index in [1.165, 1.54) is 61.4 Å². The van der Waals surface area contributed by atoms with Gasteiger partial charge in [0.25, 0.3) is 6.71 Å². The molecule has 0 spiro atoms. The zero-order valence-corrected chi connectivity index (χ0v) is 36.4. The van der Waals surface area contributed by atoms with Gasteiger partial charge in [-0.05, 0) is 129 Å².